The van der Waals surface area contributed by atoms with E-state index in [1.54, 1.807) is 11.3 Å². The third-order valence-corrected chi connectivity index (χ3v) is 6.80. The maximum atomic E-state index is 12.6. The van der Waals surface area contributed by atoms with Crippen molar-refractivity contribution in [2.24, 2.45) is 0 Å². The zero-order valence-electron chi connectivity index (χ0n) is 17.1. The summed E-state index contributed by atoms with van der Waals surface area (Å²) >= 11 is 3.18. The first-order chi connectivity index (χ1) is 14.7. The van der Waals surface area contributed by atoms with Crippen LogP contribution < -0.4 is 5.32 Å². The Balaban J connectivity index is 1.45. The molecule has 0 fully saturated rings. The van der Waals surface area contributed by atoms with E-state index in [0.717, 1.165) is 52.4 Å². The van der Waals surface area contributed by atoms with Gasteiger partial charge in [-0.25, -0.2) is 0 Å². The van der Waals surface area contributed by atoms with Gasteiger partial charge in [0.05, 0.1) is 5.75 Å². The summed E-state index contributed by atoms with van der Waals surface area (Å²) in [6.45, 7) is 5.02. The number of hydrogen-bond donors (Lipinski definition) is 1. The fourth-order valence-electron chi connectivity index (χ4n) is 3.42. The quantitative estimate of drug-likeness (QED) is 0.351. The van der Waals surface area contributed by atoms with Crippen molar-refractivity contribution in [2.45, 2.75) is 38.4 Å². The van der Waals surface area contributed by atoms with Crippen molar-refractivity contribution in [1.82, 2.24) is 14.8 Å². The van der Waals surface area contributed by atoms with Crippen molar-refractivity contribution < 1.29 is 4.79 Å². The largest absolute Gasteiger partial charge is 0.325 e. The summed E-state index contributed by atoms with van der Waals surface area (Å²) in [4.78, 5) is 14.0. The molecule has 0 saturated carbocycles. The zero-order valence-corrected chi connectivity index (χ0v) is 18.7. The van der Waals surface area contributed by atoms with Gasteiger partial charge in [0.25, 0.3) is 0 Å². The molecule has 2 aromatic carbocycles. The fraction of sp³-hybridized carbons (Fsp3) is 0.261. The van der Waals surface area contributed by atoms with Crippen LogP contribution in [-0.4, -0.2) is 26.4 Å². The van der Waals surface area contributed by atoms with Crippen molar-refractivity contribution in [1.29, 1.82) is 0 Å². The monoisotopic (exact) mass is 436 g/mol. The van der Waals surface area contributed by atoms with E-state index in [9.17, 15) is 4.79 Å². The Bertz CT molecular complexity index is 1160. The van der Waals surface area contributed by atoms with Gasteiger partial charge in [-0.2, -0.15) is 0 Å². The molecule has 2 heterocycles. The Morgan fingerprint density at radius 1 is 1.13 bits per heavy atom. The molecule has 2 aromatic heterocycles. The number of thioether (sulfide) groups is 1. The summed E-state index contributed by atoms with van der Waals surface area (Å²) in [5.41, 5.74) is 1.93. The van der Waals surface area contributed by atoms with E-state index in [0.29, 0.717) is 0 Å². The summed E-state index contributed by atoms with van der Waals surface area (Å²) in [6, 6.07) is 16.2. The molecule has 4 aromatic rings. The molecule has 1 amide bonds. The van der Waals surface area contributed by atoms with Gasteiger partial charge in [-0.05, 0) is 30.9 Å². The van der Waals surface area contributed by atoms with E-state index in [4.69, 9.17) is 0 Å². The van der Waals surface area contributed by atoms with Gasteiger partial charge >= 0.3 is 0 Å². The standard InChI is InChI=1S/C23H24N4OS2/c1-3-8-18-13-17(14-29-18)22-25-26-23(27(22)4-2)30-15-21(28)24-20-12-7-10-16-9-5-6-11-19(16)20/h5-7,9-14H,3-4,8,15H2,1-2H3,(H,24,28). The van der Waals surface area contributed by atoms with E-state index in [2.05, 4.69) is 45.4 Å². The Morgan fingerprint density at radius 2 is 1.97 bits per heavy atom. The van der Waals surface area contributed by atoms with Crippen LogP contribution in [0.25, 0.3) is 22.2 Å². The van der Waals surface area contributed by atoms with Crippen molar-refractivity contribution >= 4 is 45.5 Å². The number of benzene rings is 2. The smallest absolute Gasteiger partial charge is 0.234 e. The molecule has 0 saturated heterocycles. The second-order valence-corrected chi connectivity index (χ2v) is 8.90. The molecule has 0 aliphatic carbocycles. The highest BCUT2D eigenvalue weighted by atomic mass is 32.2. The molecule has 0 radical (unpaired) electrons. The molecule has 154 valence electrons. The molecular weight excluding hydrogens is 412 g/mol. The third kappa shape index (κ3) is 4.42. The first-order valence-electron chi connectivity index (χ1n) is 10.1. The fourth-order valence-corrected chi connectivity index (χ4v) is 5.19. The van der Waals surface area contributed by atoms with Crippen LogP contribution in [0.3, 0.4) is 0 Å². The number of anilines is 1. The van der Waals surface area contributed by atoms with Gasteiger partial charge in [0.2, 0.25) is 5.91 Å². The van der Waals surface area contributed by atoms with E-state index < -0.39 is 0 Å². The predicted molar refractivity (Wildman–Crippen MR) is 126 cm³/mol. The molecule has 0 spiro atoms. The molecule has 0 aliphatic heterocycles. The topological polar surface area (TPSA) is 59.8 Å². The van der Waals surface area contributed by atoms with Gasteiger partial charge in [0.1, 0.15) is 0 Å². The van der Waals surface area contributed by atoms with Crippen molar-refractivity contribution in [2.75, 3.05) is 11.1 Å². The minimum atomic E-state index is -0.0516. The van der Waals surface area contributed by atoms with Crippen molar-refractivity contribution in [3.63, 3.8) is 0 Å². The van der Waals surface area contributed by atoms with Crippen LogP contribution in [0, 0.1) is 0 Å². The van der Waals surface area contributed by atoms with Crippen LogP contribution in [-0.2, 0) is 17.8 Å². The van der Waals surface area contributed by atoms with Crippen LogP contribution in [0.15, 0.2) is 59.1 Å². The molecule has 4 rings (SSSR count). The van der Waals surface area contributed by atoms with Crippen LogP contribution in [0.4, 0.5) is 5.69 Å². The number of carbonyl (C=O) groups excluding carboxylic acids is 1. The first-order valence-corrected chi connectivity index (χ1v) is 12.0. The van der Waals surface area contributed by atoms with Crippen LogP contribution in [0.1, 0.15) is 25.1 Å². The third-order valence-electron chi connectivity index (χ3n) is 4.84. The summed E-state index contributed by atoms with van der Waals surface area (Å²) in [7, 11) is 0. The average molecular weight is 437 g/mol. The van der Waals surface area contributed by atoms with Gasteiger partial charge in [-0.3, -0.25) is 4.79 Å². The van der Waals surface area contributed by atoms with Crippen molar-refractivity contribution in [3.05, 3.63) is 58.8 Å². The molecule has 5 nitrogen and oxygen atoms in total. The Morgan fingerprint density at radius 3 is 2.80 bits per heavy atom. The van der Waals surface area contributed by atoms with Gasteiger partial charge in [-0.1, -0.05) is 61.5 Å². The number of amides is 1. The lowest BCUT2D eigenvalue weighted by Crippen LogP contribution is -2.15. The SMILES string of the molecule is CCCc1cc(-c2nnc(SCC(=O)Nc3cccc4ccccc34)n2CC)cs1. The lowest BCUT2D eigenvalue weighted by atomic mass is 10.1. The molecule has 0 unspecified atom stereocenters. The lowest BCUT2D eigenvalue weighted by Gasteiger charge is -2.09. The Kier molecular flexibility index (Phi) is 6.50. The van der Waals surface area contributed by atoms with Crippen LogP contribution in [0.2, 0.25) is 0 Å². The van der Waals surface area contributed by atoms with Crippen LogP contribution >= 0.6 is 23.1 Å². The number of nitrogens with one attached hydrogen (secondary N) is 1. The van der Waals surface area contributed by atoms with Crippen molar-refractivity contribution in [3.8, 4) is 11.4 Å². The molecule has 7 heteroatoms. The van der Waals surface area contributed by atoms with E-state index in [1.807, 2.05) is 42.5 Å². The minimum Gasteiger partial charge on any atom is -0.325 e. The minimum absolute atomic E-state index is 0.0516. The normalized spacial score (nSPS) is 11.1. The van der Waals surface area contributed by atoms with E-state index in [-0.39, 0.29) is 11.7 Å². The number of carbonyl (C=O) groups is 1. The molecule has 30 heavy (non-hydrogen) atoms. The summed E-state index contributed by atoms with van der Waals surface area (Å²) in [5.74, 6) is 1.10. The zero-order chi connectivity index (χ0) is 20.9. The molecule has 0 bridgehead atoms. The second kappa shape index (κ2) is 9.45. The number of hydrogen-bond acceptors (Lipinski definition) is 5. The number of aromatic nitrogens is 3. The first kappa shape index (κ1) is 20.6. The summed E-state index contributed by atoms with van der Waals surface area (Å²) < 4.78 is 2.08. The number of thiophene rings is 1. The number of aryl methyl sites for hydroxylation is 1. The second-order valence-electron chi connectivity index (χ2n) is 6.97. The molecular formula is C23H24N4OS2. The highest BCUT2D eigenvalue weighted by Gasteiger charge is 2.16. The molecule has 0 aliphatic rings. The number of rotatable bonds is 8. The maximum Gasteiger partial charge on any atom is 0.234 e. The van der Waals surface area contributed by atoms with E-state index in [1.165, 1.54) is 16.6 Å². The van der Waals surface area contributed by atoms with Gasteiger partial charge < -0.3 is 9.88 Å². The average Bonchev–Trinajstić information content (AvgIpc) is 3.39. The lowest BCUT2D eigenvalue weighted by molar-refractivity contribution is -0.113. The summed E-state index contributed by atoms with van der Waals surface area (Å²) in [6.07, 6.45) is 2.22. The Hall–Kier alpha value is -2.64. The molecule has 1 N–H and O–H groups in total. The highest BCUT2D eigenvalue weighted by molar-refractivity contribution is 7.99. The number of fused-ring (bicyclic) bond motifs is 1. The highest BCUT2D eigenvalue weighted by Crippen LogP contribution is 2.29. The van der Waals surface area contributed by atoms with Crippen LogP contribution in [0.5, 0.6) is 0 Å². The molecule has 0 atom stereocenters. The van der Waals surface area contributed by atoms with Gasteiger partial charge in [0.15, 0.2) is 11.0 Å². The maximum absolute atomic E-state index is 12.6. The van der Waals surface area contributed by atoms with Gasteiger partial charge in [-0.15, -0.1) is 21.5 Å². The van der Waals surface area contributed by atoms with E-state index >= 15 is 0 Å². The predicted octanol–water partition coefficient (Wildman–Crippen LogP) is 5.86. The summed E-state index contributed by atoms with van der Waals surface area (Å²) in [5, 5.41) is 16.8. The van der Waals surface area contributed by atoms with Gasteiger partial charge in [0, 0.05) is 33.4 Å². The Labute approximate surface area is 184 Å². The number of nitrogens with zero attached hydrogens (tertiary/aromatic N) is 3.